The first-order valence-corrected chi connectivity index (χ1v) is 6.68. The molecule has 0 aromatic heterocycles. The molecule has 2 rings (SSSR count). The van der Waals surface area contributed by atoms with Gasteiger partial charge < -0.3 is 10.2 Å². The third-order valence-corrected chi connectivity index (χ3v) is 3.56. The maximum Gasteiger partial charge on any atom is 0.310 e. The van der Waals surface area contributed by atoms with E-state index in [4.69, 9.17) is 5.11 Å². The molecule has 3 nitrogen and oxygen atoms in total. The van der Waals surface area contributed by atoms with Crippen LogP contribution in [0.2, 0.25) is 0 Å². The third kappa shape index (κ3) is 2.82. The molecular weight excluding hydrogens is 252 g/mol. The predicted molar refractivity (Wildman–Crippen MR) is 79.0 cm³/mol. The van der Waals surface area contributed by atoms with Crippen molar-refractivity contribution in [3.63, 3.8) is 0 Å². The van der Waals surface area contributed by atoms with E-state index in [0.717, 1.165) is 28.7 Å². The molecule has 0 spiro atoms. The number of aryl methyl sites for hydroxylation is 1. The number of phenolic OH excluding ortho intramolecular Hbond substituents is 1. The molecule has 1 unspecified atom stereocenters. The lowest BCUT2D eigenvalue weighted by Crippen LogP contribution is -2.07. The Morgan fingerprint density at radius 2 is 1.80 bits per heavy atom. The summed E-state index contributed by atoms with van der Waals surface area (Å²) in [5.41, 5.74) is 4.03. The minimum absolute atomic E-state index is 0.239. The van der Waals surface area contributed by atoms with E-state index in [2.05, 4.69) is 6.92 Å². The zero-order chi connectivity index (χ0) is 14.7. The molecule has 0 radical (unpaired) electrons. The van der Waals surface area contributed by atoms with Gasteiger partial charge in [0.25, 0.3) is 0 Å². The summed E-state index contributed by atoms with van der Waals surface area (Å²) >= 11 is 0. The number of phenols is 1. The molecular formula is C17H18O3. The van der Waals surface area contributed by atoms with Gasteiger partial charge in [0.1, 0.15) is 5.75 Å². The summed E-state index contributed by atoms with van der Waals surface area (Å²) in [4.78, 5) is 11.1. The van der Waals surface area contributed by atoms with Crippen LogP contribution in [0.1, 0.15) is 30.9 Å². The summed E-state index contributed by atoms with van der Waals surface area (Å²) in [5.74, 6) is -1.08. The molecule has 0 saturated carbocycles. The van der Waals surface area contributed by atoms with Gasteiger partial charge in [0.15, 0.2) is 0 Å². The number of rotatable bonds is 4. The highest BCUT2D eigenvalue weighted by atomic mass is 16.4. The Kier molecular flexibility index (Phi) is 4.08. The predicted octanol–water partition coefficient (Wildman–Crippen LogP) is 3.81. The summed E-state index contributed by atoms with van der Waals surface area (Å²) in [6, 6.07) is 12.8. The topological polar surface area (TPSA) is 57.5 Å². The van der Waals surface area contributed by atoms with Gasteiger partial charge in [-0.05, 0) is 47.7 Å². The van der Waals surface area contributed by atoms with Crippen LogP contribution in [0, 0.1) is 0 Å². The van der Waals surface area contributed by atoms with Gasteiger partial charge >= 0.3 is 5.97 Å². The van der Waals surface area contributed by atoms with E-state index in [-0.39, 0.29) is 5.75 Å². The van der Waals surface area contributed by atoms with Gasteiger partial charge in [0, 0.05) is 0 Å². The molecule has 104 valence electrons. The van der Waals surface area contributed by atoms with Crippen LogP contribution in [0.5, 0.6) is 5.75 Å². The Balaban J connectivity index is 2.45. The Labute approximate surface area is 118 Å². The average Bonchev–Trinajstić information content (AvgIpc) is 2.46. The van der Waals surface area contributed by atoms with Gasteiger partial charge in [-0.15, -0.1) is 0 Å². The second-order valence-corrected chi connectivity index (χ2v) is 4.88. The van der Waals surface area contributed by atoms with E-state index in [1.54, 1.807) is 19.1 Å². The van der Waals surface area contributed by atoms with Gasteiger partial charge in [-0.25, -0.2) is 0 Å². The first kappa shape index (κ1) is 14.1. The molecule has 0 heterocycles. The number of aliphatic carboxylic acids is 1. The molecule has 0 amide bonds. The average molecular weight is 270 g/mol. The molecule has 2 aromatic rings. The standard InChI is InChI=1S/C17H18O3/c1-3-12-10-14(11(2)17(19)20)6-9-16(12)13-4-7-15(18)8-5-13/h4-11,18H,3H2,1-2H3,(H,19,20). The lowest BCUT2D eigenvalue weighted by Gasteiger charge is -2.13. The highest BCUT2D eigenvalue weighted by Crippen LogP contribution is 2.29. The summed E-state index contributed by atoms with van der Waals surface area (Å²) < 4.78 is 0. The first-order valence-electron chi connectivity index (χ1n) is 6.68. The Hall–Kier alpha value is -2.29. The Morgan fingerprint density at radius 3 is 2.35 bits per heavy atom. The van der Waals surface area contributed by atoms with E-state index in [0.29, 0.717) is 0 Å². The van der Waals surface area contributed by atoms with E-state index >= 15 is 0 Å². The molecule has 0 aliphatic rings. The Bertz CT molecular complexity index is 615. The van der Waals surface area contributed by atoms with Crippen molar-refractivity contribution in [1.82, 2.24) is 0 Å². The van der Waals surface area contributed by atoms with Crippen molar-refractivity contribution in [2.45, 2.75) is 26.2 Å². The largest absolute Gasteiger partial charge is 0.508 e. The SMILES string of the molecule is CCc1cc(C(C)C(=O)O)ccc1-c1ccc(O)cc1. The van der Waals surface area contributed by atoms with E-state index < -0.39 is 11.9 Å². The zero-order valence-corrected chi connectivity index (χ0v) is 11.6. The van der Waals surface area contributed by atoms with Crippen molar-refractivity contribution in [1.29, 1.82) is 0 Å². The van der Waals surface area contributed by atoms with Crippen molar-refractivity contribution < 1.29 is 15.0 Å². The fourth-order valence-electron chi connectivity index (χ4n) is 2.24. The highest BCUT2D eigenvalue weighted by Gasteiger charge is 2.15. The zero-order valence-electron chi connectivity index (χ0n) is 11.6. The minimum Gasteiger partial charge on any atom is -0.508 e. The fraction of sp³-hybridized carbons (Fsp3) is 0.235. The maximum absolute atomic E-state index is 11.1. The smallest absolute Gasteiger partial charge is 0.310 e. The van der Waals surface area contributed by atoms with Gasteiger partial charge in [0.05, 0.1) is 5.92 Å². The van der Waals surface area contributed by atoms with E-state index in [9.17, 15) is 9.90 Å². The van der Waals surface area contributed by atoms with Crippen LogP contribution in [0.25, 0.3) is 11.1 Å². The monoisotopic (exact) mass is 270 g/mol. The van der Waals surface area contributed by atoms with Crippen molar-refractivity contribution in [2.75, 3.05) is 0 Å². The summed E-state index contributed by atoms with van der Waals surface area (Å²) in [6.07, 6.45) is 0.830. The number of carboxylic acid groups (broad SMARTS) is 1. The fourth-order valence-corrected chi connectivity index (χ4v) is 2.24. The lowest BCUT2D eigenvalue weighted by molar-refractivity contribution is -0.138. The normalized spacial score (nSPS) is 12.1. The van der Waals surface area contributed by atoms with Crippen LogP contribution < -0.4 is 0 Å². The maximum atomic E-state index is 11.1. The molecule has 0 aliphatic heterocycles. The minimum atomic E-state index is -0.815. The quantitative estimate of drug-likeness (QED) is 0.888. The molecule has 0 aliphatic carbocycles. The van der Waals surface area contributed by atoms with Crippen molar-refractivity contribution in [3.8, 4) is 16.9 Å². The number of aromatic hydroxyl groups is 1. The number of carboxylic acids is 1. The molecule has 2 N–H and O–H groups in total. The number of carbonyl (C=O) groups is 1. The molecule has 0 saturated heterocycles. The van der Waals surface area contributed by atoms with E-state index in [1.807, 2.05) is 30.3 Å². The number of hydrogen-bond donors (Lipinski definition) is 2. The second kappa shape index (κ2) is 5.78. The molecule has 20 heavy (non-hydrogen) atoms. The van der Waals surface area contributed by atoms with Crippen LogP contribution in [0.3, 0.4) is 0 Å². The van der Waals surface area contributed by atoms with Crippen LogP contribution in [0.4, 0.5) is 0 Å². The lowest BCUT2D eigenvalue weighted by atomic mass is 9.92. The van der Waals surface area contributed by atoms with Gasteiger partial charge in [-0.2, -0.15) is 0 Å². The van der Waals surface area contributed by atoms with Crippen molar-refractivity contribution >= 4 is 5.97 Å². The van der Waals surface area contributed by atoms with Crippen LogP contribution in [-0.4, -0.2) is 16.2 Å². The Morgan fingerprint density at radius 1 is 1.15 bits per heavy atom. The van der Waals surface area contributed by atoms with Crippen LogP contribution in [0.15, 0.2) is 42.5 Å². The summed E-state index contributed by atoms with van der Waals surface area (Å²) in [5, 5.41) is 18.4. The van der Waals surface area contributed by atoms with Gasteiger partial charge in [-0.1, -0.05) is 37.3 Å². The summed E-state index contributed by atoms with van der Waals surface area (Å²) in [6.45, 7) is 3.74. The van der Waals surface area contributed by atoms with Crippen LogP contribution >= 0.6 is 0 Å². The van der Waals surface area contributed by atoms with E-state index in [1.165, 1.54) is 0 Å². The van der Waals surface area contributed by atoms with Gasteiger partial charge in [0.2, 0.25) is 0 Å². The number of hydrogen-bond acceptors (Lipinski definition) is 2. The highest BCUT2D eigenvalue weighted by molar-refractivity contribution is 5.77. The molecule has 2 aromatic carbocycles. The van der Waals surface area contributed by atoms with Crippen LogP contribution in [-0.2, 0) is 11.2 Å². The summed E-state index contributed by atoms with van der Waals surface area (Å²) in [7, 11) is 0. The third-order valence-electron chi connectivity index (χ3n) is 3.56. The molecule has 1 atom stereocenters. The molecule has 3 heteroatoms. The first-order chi connectivity index (χ1) is 9.52. The molecule has 0 bridgehead atoms. The molecule has 0 fully saturated rings. The number of benzene rings is 2. The second-order valence-electron chi connectivity index (χ2n) is 4.88. The van der Waals surface area contributed by atoms with Crippen molar-refractivity contribution in [2.24, 2.45) is 0 Å². The van der Waals surface area contributed by atoms with Crippen molar-refractivity contribution in [3.05, 3.63) is 53.6 Å². The van der Waals surface area contributed by atoms with Gasteiger partial charge in [-0.3, -0.25) is 4.79 Å².